The van der Waals surface area contributed by atoms with Crippen LogP contribution in [0.4, 0.5) is 5.82 Å². The summed E-state index contributed by atoms with van der Waals surface area (Å²) in [7, 11) is 1.32. The fourth-order valence-electron chi connectivity index (χ4n) is 1.60. The minimum Gasteiger partial charge on any atom is -0.492 e. The number of hydrogen-bond donors (Lipinski definition) is 1. The number of methoxy groups -OCH3 is 1. The Labute approximate surface area is 128 Å². The summed E-state index contributed by atoms with van der Waals surface area (Å²) in [5, 5.41) is 3.10. The van der Waals surface area contributed by atoms with E-state index in [0.717, 1.165) is 5.75 Å². The van der Waals surface area contributed by atoms with Gasteiger partial charge in [-0.25, -0.2) is 9.78 Å². The molecule has 2 rings (SSSR count). The molecule has 0 aliphatic rings. The van der Waals surface area contributed by atoms with Crippen LogP contribution in [0, 0.1) is 0 Å². The van der Waals surface area contributed by atoms with Crippen LogP contribution in [0.2, 0.25) is 0 Å². The molecule has 6 heteroatoms. The third kappa shape index (κ3) is 5.24. The van der Waals surface area contributed by atoms with Crippen molar-refractivity contribution < 1.29 is 14.3 Å². The van der Waals surface area contributed by atoms with Gasteiger partial charge in [-0.3, -0.25) is 4.98 Å². The molecule has 0 saturated heterocycles. The highest BCUT2D eigenvalue weighted by Crippen LogP contribution is 2.08. The molecule has 0 amide bonds. The second kappa shape index (κ2) is 8.41. The number of ether oxygens (including phenoxy) is 2. The molecular formula is C16H17N3O3. The van der Waals surface area contributed by atoms with E-state index in [9.17, 15) is 4.79 Å². The molecular weight excluding hydrogens is 282 g/mol. The maximum Gasteiger partial charge on any atom is 0.330 e. The van der Waals surface area contributed by atoms with E-state index in [-0.39, 0.29) is 0 Å². The molecule has 1 aromatic carbocycles. The van der Waals surface area contributed by atoms with E-state index in [1.807, 2.05) is 30.3 Å². The molecule has 0 saturated carbocycles. The number of carbonyl (C=O) groups is 1. The highest BCUT2D eigenvalue weighted by molar-refractivity contribution is 5.86. The average Bonchev–Trinajstić information content (AvgIpc) is 2.58. The zero-order chi connectivity index (χ0) is 15.6. The highest BCUT2D eigenvalue weighted by Gasteiger charge is 1.97. The number of hydrogen-bond acceptors (Lipinski definition) is 6. The predicted molar refractivity (Wildman–Crippen MR) is 83.5 cm³/mol. The number of anilines is 1. The molecule has 1 heterocycles. The van der Waals surface area contributed by atoms with Gasteiger partial charge in [0.05, 0.1) is 31.7 Å². The maximum absolute atomic E-state index is 11.0. The summed E-state index contributed by atoms with van der Waals surface area (Å²) < 4.78 is 10.1. The fraction of sp³-hybridized carbons (Fsp3) is 0.188. The number of nitrogens with one attached hydrogen (secondary N) is 1. The number of esters is 1. The minimum absolute atomic E-state index is 0.429. The van der Waals surface area contributed by atoms with Gasteiger partial charge in [0.1, 0.15) is 18.2 Å². The fourth-order valence-corrected chi connectivity index (χ4v) is 1.60. The van der Waals surface area contributed by atoms with Gasteiger partial charge in [-0.1, -0.05) is 18.2 Å². The first kappa shape index (κ1) is 15.5. The summed E-state index contributed by atoms with van der Waals surface area (Å²) in [5.41, 5.74) is 0.580. The largest absolute Gasteiger partial charge is 0.492 e. The molecule has 0 atom stereocenters. The second-order valence-corrected chi connectivity index (χ2v) is 4.27. The molecule has 6 nitrogen and oxygen atoms in total. The number of nitrogens with zero attached hydrogens (tertiary/aromatic N) is 2. The van der Waals surface area contributed by atoms with E-state index in [0.29, 0.717) is 24.7 Å². The highest BCUT2D eigenvalue weighted by atomic mass is 16.5. The molecule has 0 fully saturated rings. The second-order valence-electron chi connectivity index (χ2n) is 4.27. The summed E-state index contributed by atoms with van der Waals surface area (Å²) in [6.07, 6.45) is 6.01. The van der Waals surface area contributed by atoms with Crippen molar-refractivity contribution in [2.24, 2.45) is 0 Å². The number of aromatic nitrogens is 2. The van der Waals surface area contributed by atoms with Crippen molar-refractivity contribution in [1.82, 2.24) is 9.97 Å². The molecule has 1 aromatic heterocycles. The van der Waals surface area contributed by atoms with Gasteiger partial charge < -0.3 is 14.8 Å². The lowest BCUT2D eigenvalue weighted by Crippen LogP contribution is -2.12. The number of carbonyl (C=O) groups excluding carboxylic acids is 1. The van der Waals surface area contributed by atoms with Crippen molar-refractivity contribution in [2.75, 3.05) is 25.6 Å². The molecule has 1 N–H and O–H groups in total. The van der Waals surface area contributed by atoms with Crippen LogP contribution in [0.1, 0.15) is 5.69 Å². The molecule has 0 bridgehead atoms. The lowest BCUT2D eigenvalue weighted by atomic mass is 10.3. The Balaban J connectivity index is 1.74. The van der Waals surface area contributed by atoms with E-state index >= 15 is 0 Å². The van der Waals surface area contributed by atoms with Gasteiger partial charge in [0.25, 0.3) is 0 Å². The van der Waals surface area contributed by atoms with Gasteiger partial charge in [-0.05, 0) is 18.2 Å². The monoisotopic (exact) mass is 299 g/mol. The van der Waals surface area contributed by atoms with Crippen molar-refractivity contribution >= 4 is 17.9 Å². The van der Waals surface area contributed by atoms with Crippen molar-refractivity contribution in [1.29, 1.82) is 0 Å². The molecule has 0 radical (unpaired) electrons. The Morgan fingerprint density at radius 2 is 2.05 bits per heavy atom. The van der Waals surface area contributed by atoms with E-state index in [1.165, 1.54) is 13.2 Å². The summed E-state index contributed by atoms with van der Waals surface area (Å²) >= 11 is 0. The van der Waals surface area contributed by atoms with Crippen LogP contribution in [0.3, 0.4) is 0 Å². The first-order chi connectivity index (χ1) is 10.8. The first-order valence-electron chi connectivity index (χ1n) is 6.78. The summed E-state index contributed by atoms with van der Waals surface area (Å²) in [6, 6.07) is 9.60. The van der Waals surface area contributed by atoms with E-state index in [2.05, 4.69) is 20.0 Å². The Morgan fingerprint density at radius 1 is 1.23 bits per heavy atom. The smallest absolute Gasteiger partial charge is 0.330 e. The molecule has 2 aromatic rings. The van der Waals surface area contributed by atoms with Gasteiger partial charge in [0, 0.05) is 6.08 Å². The van der Waals surface area contributed by atoms with Gasteiger partial charge in [0.2, 0.25) is 0 Å². The van der Waals surface area contributed by atoms with Crippen molar-refractivity contribution in [2.45, 2.75) is 0 Å². The van der Waals surface area contributed by atoms with Crippen LogP contribution < -0.4 is 10.1 Å². The van der Waals surface area contributed by atoms with Gasteiger partial charge in [-0.2, -0.15) is 0 Å². The molecule has 0 unspecified atom stereocenters. The van der Waals surface area contributed by atoms with E-state index in [1.54, 1.807) is 18.5 Å². The zero-order valence-electron chi connectivity index (χ0n) is 12.2. The van der Waals surface area contributed by atoms with Gasteiger partial charge in [0.15, 0.2) is 0 Å². The molecule has 22 heavy (non-hydrogen) atoms. The third-order valence-electron chi connectivity index (χ3n) is 2.68. The Bertz CT molecular complexity index is 612. The topological polar surface area (TPSA) is 73.3 Å². The summed E-state index contributed by atoms with van der Waals surface area (Å²) in [4.78, 5) is 19.3. The standard InChI is InChI=1S/C16H17N3O3/c1-21-16(20)8-7-13-11-19-15(12-18-13)17-9-10-22-14-5-3-2-4-6-14/h2-8,11-12H,9-10H2,1H3,(H,17,19)/b8-7+. The molecule has 0 aliphatic heterocycles. The SMILES string of the molecule is COC(=O)/C=C/c1cnc(NCCOc2ccccc2)cn1. The van der Waals surface area contributed by atoms with E-state index in [4.69, 9.17) is 4.74 Å². The summed E-state index contributed by atoms with van der Waals surface area (Å²) in [6.45, 7) is 1.14. The van der Waals surface area contributed by atoms with Crippen LogP contribution in [0.15, 0.2) is 48.8 Å². The normalized spacial score (nSPS) is 10.4. The molecule has 114 valence electrons. The summed E-state index contributed by atoms with van der Waals surface area (Å²) in [5.74, 6) is 1.05. The van der Waals surface area contributed by atoms with Crippen LogP contribution >= 0.6 is 0 Å². The Hall–Kier alpha value is -2.89. The first-order valence-corrected chi connectivity index (χ1v) is 6.78. The minimum atomic E-state index is -0.429. The number of para-hydroxylation sites is 1. The van der Waals surface area contributed by atoms with Gasteiger partial charge >= 0.3 is 5.97 Å². The maximum atomic E-state index is 11.0. The zero-order valence-corrected chi connectivity index (χ0v) is 12.2. The third-order valence-corrected chi connectivity index (χ3v) is 2.68. The quantitative estimate of drug-likeness (QED) is 0.480. The number of benzene rings is 1. The molecule has 0 aliphatic carbocycles. The Morgan fingerprint density at radius 3 is 2.73 bits per heavy atom. The van der Waals surface area contributed by atoms with Crippen molar-refractivity contribution in [3.8, 4) is 5.75 Å². The Kier molecular flexibility index (Phi) is 5.92. The molecule has 0 spiro atoms. The average molecular weight is 299 g/mol. The van der Waals surface area contributed by atoms with Gasteiger partial charge in [-0.15, -0.1) is 0 Å². The lowest BCUT2D eigenvalue weighted by molar-refractivity contribution is -0.134. The number of rotatable bonds is 7. The van der Waals surface area contributed by atoms with Crippen LogP contribution in [0.25, 0.3) is 6.08 Å². The van der Waals surface area contributed by atoms with Crippen molar-refractivity contribution in [3.05, 3.63) is 54.5 Å². The van der Waals surface area contributed by atoms with E-state index < -0.39 is 5.97 Å². The van der Waals surface area contributed by atoms with Crippen molar-refractivity contribution in [3.63, 3.8) is 0 Å². The van der Waals surface area contributed by atoms with Crippen LogP contribution in [-0.2, 0) is 9.53 Å². The van der Waals surface area contributed by atoms with Crippen LogP contribution in [0.5, 0.6) is 5.75 Å². The van der Waals surface area contributed by atoms with Crippen LogP contribution in [-0.4, -0.2) is 36.2 Å². The lowest BCUT2D eigenvalue weighted by Gasteiger charge is -2.07. The predicted octanol–water partition coefficient (Wildman–Crippen LogP) is 2.15.